The molecule has 1 aliphatic heterocycles. The molecule has 0 saturated heterocycles. The molecule has 0 fully saturated rings. The highest BCUT2D eigenvalue weighted by Crippen LogP contribution is 2.37. The topological polar surface area (TPSA) is 77.7 Å². The normalized spacial score (nSPS) is 16.0. The molecule has 1 N–H and O–H groups in total. The molecule has 8 heteroatoms. The molecule has 4 heterocycles. The van der Waals surface area contributed by atoms with Crippen molar-refractivity contribution in [2.45, 2.75) is 12.5 Å². The minimum absolute atomic E-state index is 0.328. The summed E-state index contributed by atoms with van der Waals surface area (Å²) in [6.07, 6.45) is 2.18. The van der Waals surface area contributed by atoms with Gasteiger partial charge in [0, 0.05) is 6.42 Å². The van der Waals surface area contributed by atoms with E-state index in [9.17, 15) is 9.18 Å². The molecule has 30 heavy (non-hydrogen) atoms. The molecule has 0 unspecified atom stereocenters. The molecule has 6 rings (SSSR count). The van der Waals surface area contributed by atoms with Crippen LogP contribution in [0.2, 0.25) is 0 Å². The fourth-order valence-electron chi connectivity index (χ4n) is 4.21. The van der Waals surface area contributed by atoms with Crippen molar-refractivity contribution in [3.8, 4) is 11.6 Å². The first kappa shape index (κ1) is 17.0. The first-order valence-corrected chi connectivity index (χ1v) is 9.65. The molecule has 0 aliphatic carbocycles. The lowest BCUT2D eigenvalue weighted by Gasteiger charge is -2.27. The van der Waals surface area contributed by atoms with E-state index in [1.165, 1.54) is 10.6 Å². The molecule has 5 aromatic rings. The van der Waals surface area contributed by atoms with Gasteiger partial charge in [0.2, 0.25) is 0 Å². The van der Waals surface area contributed by atoms with E-state index in [1.54, 1.807) is 18.5 Å². The Kier molecular flexibility index (Phi) is 3.55. The molecule has 0 spiro atoms. The van der Waals surface area contributed by atoms with E-state index >= 15 is 0 Å². The third kappa shape index (κ3) is 2.40. The van der Waals surface area contributed by atoms with E-state index in [2.05, 4.69) is 9.97 Å². The van der Waals surface area contributed by atoms with Crippen molar-refractivity contribution in [1.29, 1.82) is 0 Å². The van der Waals surface area contributed by atoms with Crippen LogP contribution >= 0.6 is 0 Å². The van der Waals surface area contributed by atoms with Crippen molar-refractivity contribution >= 4 is 22.2 Å². The zero-order chi connectivity index (χ0) is 20.2. The maximum Gasteiger partial charge on any atom is 0.328 e. The first-order chi connectivity index (χ1) is 14.7. The number of nitrogens with one attached hydrogen (secondary N) is 1. The summed E-state index contributed by atoms with van der Waals surface area (Å²) in [5, 5.41) is 0. The van der Waals surface area contributed by atoms with Gasteiger partial charge in [0.05, 0.1) is 34.8 Å². The molecule has 0 saturated carbocycles. The number of ether oxygens (including phenoxy) is 1. The Morgan fingerprint density at radius 2 is 2.00 bits per heavy atom. The number of aromatic amines is 1. The number of hydrogen-bond acceptors (Lipinski definition) is 4. The summed E-state index contributed by atoms with van der Waals surface area (Å²) in [7, 11) is 0. The lowest BCUT2D eigenvalue weighted by atomic mass is 9.99. The number of imidazole rings is 2. The quantitative estimate of drug-likeness (QED) is 0.491. The molecular formula is C22H16FN5O2. The van der Waals surface area contributed by atoms with Gasteiger partial charge in [-0.05, 0) is 36.4 Å². The van der Waals surface area contributed by atoms with Gasteiger partial charge in [-0.1, -0.05) is 18.2 Å². The molecule has 1 atom stereocenters. The molecule has 0 radical (unpaired) electrons. The Morgan fingerprint density at radius 3 is 2.93 bits per heavy atom. The summed E-state index contributed by atoms with van der Waals surface area (Å²) in [6, 6.07) is 15.6. The van der Waals surface area contributed by atoms with Crippen molar-refractivity contribution in [3.63, 3.8) is 0 Å². The van der Waals surface area contributed by atoms with Crippen LogP contribution in [0.15, 0.2) is 65.7 Å². The van der Waals surface area contributed by atoms with Gasteiger partial charge in [0.15, 0.2) is 5.65 Å². The standard InChI is InChI=1S/C22H16FN5O2/c23-13-4-3-7-18-20(13)17(10-11-30-18)28-21-15(25-22(28)29)8-9-19(26-21)27-12-24-14-5-1-2-6-16(14)27/h1-9,12,17H,10-11H2,(H,25,29)/t17-/m1/s1. The van der Waals surface area contributed by atoms with Crippen molar-refractivity contribution < 1.29 is 9.13 Å². The van der Waals surface area contributed by atoms with Crippen LogP contribution in [0.5, 0.6) is 5.75 Å². The van der Waals surface area contributed by atoms with Crippen molar-refractivity contribution in [1.82, 2.24) is 24.1 Å². The van der Waals surface area contributed by atoms with E-state index in [4.69, 9.17) is 9.72 Å². The van der Waals surface area contributed by atoms with Crippen molar-refractivity contribution in [2.75, 3.05) is 6.61 Å². The van der Waals surface area contributed by atoms with Gasteiger partial charge >= 0.3 is 5.69 Å². The van der Waals surface area contributed by atoms with Crippen LogP contribution in [0.4, 0.5) is 4.39 Å². The van der Waals surface area contributed by atoms with Crippen LogP contribution in [-0.2, 0) is 0 Å². The summed E-state index contributed by atoms with van der Waals surface area (Å²) in [6.45, 7) is 0.395. The van der Waals surface area contributed by atoms with Crippen LogP contribution in [0.25, 0.3) is 28.0 Å². The fraction of sp³-hybridized carbons (Fsp3) is 0.136. The Balaban J connectivity index is 1.58. The SMILES string of the molecule is O=c1[nH]c2ccc(-n3cnc4ccccc43)nc2n1[C@@H]1CCOc2cccc(F)c21. The number of para-hydroxylation sites is 2. The van der Waals surface area contributed by atoms with Gasteiger partial charge in [-0.15, -0.1) is 0 Å². The highest BCUT2D eigenvalue weighted by Gasteiger charge is 2.29. The zero-order valence-electron chi connectivity index (χ0n) is 15.7. The van der Waals surface area contributed by atoms with Gasteiger partial charge in [-0.3, -0.25) is 9.13 Å². The van der Waals surface area contributed by atoms with Gasteiger partial charge in [-0.2, -0.15) is 0 Å². The first-order valence-electron chi connectivity index (χ1n) is 9.65. The average Bonchev–Trinajstić information content (AvgIpc) is 3.33. The number of rotatable bonds is 2. The third-order valence-electron chi connectivity index (χ3n) is 5.56. The number of hydrogen-bond donors (Lipinski definition) is 1. The number of aromatic nitrogens is 5. The Hall–Kier alpha value is -3.94. The van der Waals surface area contributed by atoms with Gasteiger partial charge in [0.25, 0.3) is 0 Å². The average molecular weight is 401 g/mol. The van der Waals surface area contributed by atoms with Crippen LogP contribution < -0.4 is 10.4 Å². The summed E-state index contributed by atoms with van der Waals surface area (Å²) in [5.74, 6) is 0.698. The van der Waals surface area contributed by atoms with Crippen LogP contribution in [0.1, 0.15) is 18.0 Å². The molecule has 0 amide bonds. The van der Waals surface area contributed by atoms with E-state index in [-0.39, 0.29) is 5.69 Å². The van der Waals surface area contributed by atoms with Crippen LogP contribution in [0.3, 0.4) is 0 Å². The predicted octanol–water partition coefficient (Wildman–Crippen LogP) is 3.57. The lowest BCUT2D eigenvalue weighted by molar-refractivity contribution is 0.251. The summed E-state index contributed by atoms with van der Waals surface area (Å²) in [4.78, 5) is 24.9. The Bertz CT molecular complexity index is 1480. The van der Waals surface area contributed by atoms with Gasteiger partial charge in [-0.25, -0.2) is 19.2 Å². The molecule has 2 aromatic carbocycles. The van der Waals surface area contributed by atoms with E-state index in [0.717, 1.165) is 11.0 Å². The second kappa shape index (κ2) is 6.28. The fourth-order valence-corrected chi connectivity index (χ4v) is 4.21. The second-order valence-corrected chi connectivity index (χ2v) is 7.25. The predicted molar refractivity (Wildman–Crippen MR) is 110 cm³/mol. The summed E-state index contributed by atoms with van der Waals surface area (Å²) < 4.78 is 23.7. The smallest absolute Gasteiger partial charge is 0.328 e. The monoisotopic (exact) mass is 401 g/mol. The molecular weight excluding hydrogens is 385 g/mol. The minimum atomic E-state index is -0.501. The molecule has 0 bridgehead atoms. The Morgan fingerprint density at radius 1 is 1.10 bits per heavy atom. The van der Waals surface area contributed by atoms with Crippen molar-refractivity contribution in [2.24, 2.45) is 0 Å². The molecule has 7 nitrogen and oxygen atoms in total. The number of pyridine rings is 1. The molecule has 3 aromatic heterocycles. The number of halogens is 1. The van der Waals surface area contributed by atoms with E-state index in [0.29, 0.717) is 41.3 Å². The summed E-state index contributed by atoms with van der Waals surface area (Å²) in [5.41, 5.74) is 2.88. The lowest BCUT2D eigenvalue weighted by Crippen LogP contribution is -2.28. The maximum absolute atomic E-state index is 14.7. The van der Waals surface area contributed by atoms with Crippen LogP contribution in [0, 0.1) is 5.82 Å². The number of H-pyrrole nitrogens is 1. The largest absolute Gasteiger partial charge is 0.493 e. The molecule has 148 valence electrons. The number of fused-ring (bicyclic) bond motifs is 3. The van der Waals surface area contributed by atoms with Crippen molar-refractivity contribution in [3.05, 3.63) is 82.8 Å². The highest BCUT2D eigenvalue weighted by atomic mass is 19.1. The number of benzene rings is 2. The maximum atomic E-state index is 14.7. The van der Waals surface area contributed by atoms with Gasteiger partial charge < -0.3 is 9.72 Å². The van der Waals surface area contributed by atoms with E-state index in [1.807, 2.05) is 41.0 Å². The van der Waals surface area contributed by atoms with Gasteiger partial charge in [0.1, 0.15) is 23.7 Å². The third-order valence-corrected chi connectivity index (χ3v) is 5.56. The van der Waals surface area contributed by atoms with E-state index < -0.39 is 11.9 Å². The second-order valence-electron chi connectivity index (χ2n) is 7.25. The summed E-state index contributed by atoms with van der Waals surface area (Å²) >= 11 is 0. The highest BCUT2D eigenvalue weighted by molar-refractivity contribution is 5.78. The van der Waals surface area contributed by atoms with Crippen LogP contribution in [-0.4, -0.2) is 30.7 Å². The zero-order valence-corrected chi connectivity index (χ0v) is 15.7. The Labute approximate surface area is 169 Å². The molecule has 1 aliphatic rings. The number of nitrogens with zero attached hydrogens (tertiary/aromatic N) is 4. The minimum Gasteiger partial charge on any atom is -0.493 e.